The molecule has 0 fully saturated rings. The van der Waals surface area contributed by atoms with Gasteiger partial charge in [-0.05, 0) is 63.1 Å². The minimum atomic E-state index is -0.512. The van der Waals surface area contributed by atoms with Crippen LogP contribution in [0.3, 0.4) is 0 Å². The van der Waals surface area contributed by atoms with Gasteiger partial charge in [0.05, 0.1) is 0 Å². The monoisotopic (exact) mass is 348 g/mol. The maximum absolute atomic E-state index is 12.1. The predicted octanol–water partition coefficient (Wildman–Crippen LogP) is 5.41. The number of rotatable bonds is 3. The van der Waals surface area contributed by atoms with Crippen LogP contribution in [0.2, 0.25) is 0 Å². The molecule has 2 aromatic carbocycles. The van der Waals surface area contributed by atoms with Gasteiger partial charge < -0.3 is 9.47 Å². The zero-order valence-electron chi connectivity index (χ0n) is 15.7. The van der Waals surface area contributed by atoms with Crippen molar-refractivity contribution >= 4 is 12.0 Å². The van der Waals surface area contributed by atoms with Crippen molar-refractivity contribution in [1.82, 2.24) is 0 Å². The molecule has 0 spiro atoms. The quantitative estimate of drug-likeness (QED) is 0.549. The Morgan fingerprint density at radius 1 is 1.12 bits per heavy atom. The van der Waals surface area contributed by atoms with Gasteiger partial charge in [0.2, 0.25) is 0 Å². The highest BCUT2D eigenvalue weighted by Crippen LogP contribution is 2.38. The highest BCUT2D eigenvalue weighted by Gasteiger charge is 2.23. The SMILES string of the molecule is Cc1ccc2c(c1)C=C(/C=C/C(=O)OC(C)(C)C)[C@@H](c1ccccc1)O2. The number of aryl methyl sites for hydroxylation is 1. The number of esters is 1. The Morgan fingerprint density at radius 3 is 2.54 bits per heavy atom. The van der Waals surface area contributed by atoms with Gasteiger partial charge in [-0.3, -0.25) is 0 Å². The number of fused-ring (bicyclic) bond motifs is 1. The van der Waals surface area contributed by atoms with Crippen LogP contribution >= 0.6 is 0 Å². The first-order valence-corrected chi connectivity index (χ1v) is 8.77. The van der Waals surface area contributed by atoms with Crippen LogP contribution in [-0.4, -0.2) is 11.6 Å². The maximum atomic E-state index is 12.1. The van der Waals surface area contributed by atoms with Crippen molar-refractivity contribution in [3.8, 4) is 5.75 Å². The van der Waals surface area contributed by atoms with Gasteiger partial charge in [-0.25, -0.2) is 4.79 Å². The van der Waals surface area contributed by atoms with Crippen molar-refractivity contribution in [2.45, 2.75) is 39.4 Å². The molecule has 26 heavy (non-hydrogen) atoms. The van der Waals surface area contributed by atoms with E-state index < -0.39 is 5.60 Å². The minimum Gasteiger partial charge on any atom is -0.480 e. The van der Waals surface area contributed by atoms with E-state index in [0.717, 1.165) is 28.0 Å². The molecule has 3 nitrogen and oxygen atoms in total. The number of ether oxygens (including phenoxy) is 2. The molecule has 1 heterocycles. The van der Waals surface area contributed by atoms with E-state index in [1.54, 1.807) is 6.08 Å². The van der Waals surface area contributed by atoms with E-state index in [1.165, 1.54) is 6.08 Å². The highest BCUT2D eigenvalue weighted by molar-refractivity contribution is 5.83. The fourth-order valence-corrected chi connectivity index (χ4v) is 2.86. The molecule has 0 N–H and O–H groups in total. The first kappa shape index (κ1) is 18.0. The summed E-state index contributed by atoms with van der Waals surface area (Å²) >= 11 is 0. The van der Waals surface area contributed by atoms with Gasteiger partial charge in [0.15, 0.2) is 0 Å². The van der Waals surface area contributed by atoms with E-state index in [9.17, 15) is 4.79 Å². The molecule has 0 saturated carbocycles. The standard InChI is InChI=1S/C23H24O3/c1-16-10-12-20-19(14-16)15-18(11-13-21(24)26-23(2,3)4)22(25-20)17-8-6-5-7-9-17/h5-15,22H,1-4H3/b13-11+/t22-/m1/s1. The Morgan fingerprint density at radius 2 is 1.85 bits per heavy atom. The average Bonchev–Trinajstić information content (AvgIpc) is 2.58. The fraction of sp³-hybridized carbons (Fsp3) is 0.261. The second kappa shape index (κ2) is 7.20. The Hall–Kier alpha value is -2.81. The molecular formula is C23H24O3. The molecule has 1 aliphatic rings. The van der Waals surface area contributed by atoms with Gasteiger partial charge in [0.25, 0.3) is 0 Å². The summed E-state index contributed by atoms with van der Waals surface area (Å²) in [6.07, 6.45) is 5.07. The maximum Gasteiger partial charge on any atom is 0.331 e. The topological polar surface area (TPSA) is 35.5 Å². The van der Waals surface area contributed by atoms with E-state index in [0.29, 0.717) is 0 Å². The highest BCUT2D eigenvalue weighted by atomic mass is 16.6. The third-order valence-electron chi connectivity index (χ3n) is 3.96. The van der Waals surface area contributed by atoms with Crippen molar-refractivity contribution in [2.24, 2.45) is 0 Å². The van der Waals surface area contributed by atoms with Gasteiger partial charge >= 0.3 is 5.97 Å². The molecule has 3 heteroatoms. The summed E-state index contributed by atoms with van der Waals surface area (Å²) in [6.45, 7) is 7.61. The lowest BCUT2D eigenvalue weighted by atomic mass is 9.95. The van der Waals surface area contributed by atoms with E-state index in [-0.39, 0.29) is 12.1 Å². The lowest BCUT2D eigenvalue weighted by Gasteiger charge is -2.26. The number of hydrogen-bond acceptors (Lipinski definition) is 3. The van der Waals surface area contributed by atoms with E-state index in [2.05, 4.69) is 12.1 Å². The van der Waals surface area contributed by atoms with Crippen molar-refractivity contribution < 1.29 is 14.3 Å². The summed E-state index contributed by atoms with van der Waals surface area (Å²) < 4.78 is 11.6. The summed E-state index contributed by atoms with van der Waals surface area (Å²) in [5, 5.41) is 0. The van der Waals surface area contributed by atoms with Gasteiger partial charge in [-0.15, -0.1) is 0 Å². The average molecular weight is 348 g/mol. The summed E-state index contributed by atoms with van der Waals surface area (Å²) in [7, 11) is 0. The number of hydrogen-bond donors (Lipinski definition) is 0. The third-order valence-corrected chi connectivity index (χ3v) is 3.96. The van der Waals surface area contributed by atoms with Crippen LogP contribution in [0, 0.1) is 6.92 Å². The lowest BCUT2D eigenvalue weighted by Crippen LogP contribution is -2.22. The van der Waals surface area contributed by atoms with Crippen LogP contribution in [0.25, 0.3) is 6.08 Å². The van der Waals surface area contributed by atoms with E-state index in [4.69, 9.17) is 9.47 Å². The van der Waals surface area contributed by atoms with Crippen LogP contribution in [0.4, 0.5) is 0 Å². The molecule has 134 valence electrons. The van der Waals surface area contributed by atoms with Crippen LogP contribution in [0.1, 0.15) is 43.6 Å². The predicted molar refractivity (Wildman–Crippen MR) is 104 cm³/mol. The third kappa shape index (κ3) is 4.42. The molecule has 0 amide bonds. The molecule has 1 atom stereocenters. The first-order chi connectivity index (χ1) is 12.3. The number of carbonyl (C=O) groups excluding carboxylic acids is 1. The molecule has 0 bridgehead atoms. The van der Waals surface area contributed by atoms with Crippen molar-refractivity contribution in [1.29, 1.82) is 0 Å². The van der Waals surface area contributed by atoms with E-state index in [1.807, 2.05) is 70.2 Å². The van der Waals surface area contributed by atoms with Crippen LogP contribution < -0.4 is 4.74 Å². The smallest absolute Gasteiger partial charge is 0.331 e. The largest absolute Gasteiger partial charge is 0.480 e. The second-order valence-electron chi connectivity index (χ2n) is 7.46. The zero-order chi connectivity index (χ0) is 18.7. The Balaban J connectivity index is 1.95. The van der Waals surface area contributed by atoms with Crippen LogP contribution in [0.15, 0.2) is 66.3 Å². The molecule has 0 aliphatic carbocycles. The molecule has 0 unspecified atom stereocenters. The first-order valence-electron chi connectivity index (χ1n) is 8.77. The Kier molecular flexibility index (Phi) is 4.99. The second-order valence-corrected chi connectivity index (χ2v) is 7.46. The van der Waals surface area contributed by atoms with Gasteiger partial charge in [0.1, 0.15) is 17.5 Å². The molecule has 0 aromatic heterocycles. The molecular weight excluding hydrogens is 324 g/mol. The van der Waals surface area contributed by atoms with E-state index >= 15 is 0 Å². The molecule has 2 aromatic rings. The van der Waals surface area contributed by atoms with Crippen LogP contribution in [0.5, 0.6) is 5.75 Å². The van der Waals surface area contributed by atoms with Gasteiger partial charge in [-0.2, -0.15) is 0 Å². The van der Waals surface area contributed by atoms with Crippen molar-refractivity contribution in [2.75, 3.05) is 0 Å². The number of benzene rings is 2. The van der Waals surface area contributed by atoms with Crippen molar-refractivity contribution in [3.63, 3.8) is 0 Å². The summed E-state index contributed by atoms with van der Waals surface area (Å²) in [5.74, 6) is 0.485. The van der Waals surface area contributed by atoms with Crippen LogP contribution in [-0.2, 0) is 9.53 Å². The Bertz CT molecular complexity index is 855. The van der Waals surface area contributed by atoms with Gasteiger partial charge in [0, 0.05) is 11.6 Å². The molecule has 1 aliphatic heterocycles. The molecule has 0 saturated heterocycles. The zero-order valence-corrected chi connectivity index (χ0v) is 15.7. The lowest BCUT2D eigenvalue weighted by molar-refractivity contribution is -0.148. The Labute approximate surface area is 155 Å². The minimum absolute atomic E-state index is 0.259. The van der Waals surface area contributed by atoms with Gasteiger partial charge in [-0.1, -0.05) is 42.0 Å². The fourth-order valence-electron chi connectivity index (χ4n) is 2.86. The number of carbonyl (C=O) groups is 1. The molecule has 3 rings (SSSR count). The summed E-state index contributed by atoms with van der Waals surface area (Å²) in [6, 6.07) is 16.1. The normalized spacial score (nSPS) is 16.6. The molecule has 0 radical (unpaired) electrons. The summed E-state index contributed by atoms with van der Waals surface area (Å²) in [4.78, 5) is 12.1. The van der Waals surface area contributed by atoms with Crippen molar-refractivity contribution in [3.05, 3.63) is 82.9 Å². The summed E-state index contributed by atoms with van der Waals surface area (Å²) in [5.41, 5.74) is 3.62.